The Labute approximate surface area is 139 Å². The van der Waals surface area contributed by atoms with Crippen molar-refractivity contribution in [3.8, 4) is 0 Å². The summed E-state index contributed by atoms with van der Waals surface area (Å²) in [6, 6.07) is 0. The molecule has 2 rings (SSSR count). The Morgan fingerprint density at radius 3 is 2.33 bits per heavy atom. The van der Waals surface area contributed by atoms with Gasteiger partial charge in [0.2, 0.25) is 0 Å². The van der Waals surface area contributed by atoms with Crippen molar-refractivity contribution in [1.82, 2.24) is 0 Å². The van der Waals surface area contributed by atoms with Gasteiger partial charge in [-0.15, -0.1) is 0 Å². The van der Waals surface area contributed by atoms with Gasteiger partial charge in [0.05, 0.1) is 0 Å². The Kier molecular flexibility index (Phi) is 8.25. The van der Waals surface area contributed by atoms with Gasteiger partial charge < -0.3 is 9.41 Å². The van der Waals surface area contributed by atoms with Crippen molar-refractivity contribution in [2.24, 2.45) is 5.41 Å². The molecule has 116 valence electrons. The number of unbranched alkanes of at least 4 members (excludes halogenated alkanes) is 1. The second-order valence-corrected chi connectivity index (χ2v) is 9.56. The molecule has 0 saturated carbocycles. The molecule has 0 aliphatic heterocycles. The molecular formula is C18H26F2Zr. The molecule has 0 amide bonds. The third kappa shape index (κ3) is 3.92. The van der Waals surface area contributed by atoms with Crippen LogP contribution < -0.4 is 9.41 Å². The van der Waals surface area contributed by atoms with Crippen LogP contribution in [-0.4, -0.2) is 0 Å². The van der Waals surface area contributed by atoms with Crippen LogP contribution >= 0.6 is 0 Å². The van der Waals surface area contributed by atoms with Gasteiger partial charge in [0.25, 0.3) is 0 Å². The largest absolute Gasteiger partial charge is 1.00 e. The van der Waals surface area contributed by atoms with Gasteiger partial charge in [-0.3, -0.25) is 0 Å². The number of rotatable bonds is 5. The first kappa shape index (κ1) is 20.7. The minimum absolute atomic E-state index is 0. The maximum absolute atomic E-state index is 2.51. The van der Waals surface area contributed by atoms with E-state index in [0.29, 0.717) is 5.41 Å². The summed E-state index contributed by atoms with van der Waals surface area (Å²) >= 11 is -0.560. The van der Waals surface area contributed by atoms with Crippen molar-refractivity contribution >= 4 is 0 Å². The van der Waals surface area contributed by atoms with Crippen molar-refractivity contribution in [2.75, 3.05) is 0 Å². The monoisotopic (exact) mass is 370 g/mol. The van der Waals surface area contributed by atoms with Crippen LogP contribution in [0.25, 0.3) is 0 Å². The summed E-state index contributed by atoms with van der Waals surface area (Å²) in [6.07, 6.45) is 12.2. The van der Waals surface area contributed by atoms with Crippen LogP contribution in [0.2, 0.25) is 0 Å². The molecule has 0 aromatic carbocycles. The van der Waals surface area contributed by atoms with Crippen LogP contribution in [0.3, 0.4) is 0 Å². The standard InChI is InChI=1S/C13H21.C5H5.2FH.Zr/c1-6-7-8-13(5)9-10(2)11(3)12(13)4;1-2-4-5-3-1;;;/h6-8H2,1-5H3;1-3H,4H2;2*1H;/q;;;;+2/p-2. The van der Waals surface area contributed by atoms with Crippen LogP contribution in [0.15, 0.2) is 41.5 Å². The molecule has 0 aromatic heterocycles. The maximum atomic E-state index is 2.51. The molecular weight excluding hydrogens is 345 g/mol. The fourth-order valence-electron chi connectivity index (χ4n) is 3.26. The van der Waals surface area contributed by atoms with Crippen molar-refractivity contribution in [3.63, 3.8) is 0 Å². The predicted octanol–water partition coefficient (Wildman–Crippen LogP) is -0.259. The van der Waals surface area contributed by atoms with Crippen molar-refractivity contribution in [1.29, 1.82) is 0 Å². The van der Waals surface area contributed by atoms with E-state index < -0.39 is 23.2 Å². The number of allylic oxidation sites excluding steroid dienone is 8. The fourth-order valence-corrected chi connectivity index (χ4v) is 7.40. The van der Waals surface area contributed by atoms with Crippen LogP contribution in [0.1, 0.15) is 60.3 Å². The van der Waals surface area contributed by atoms with Crippen LogP contribution in [0.5, 0.6) is 0 Å². The SMILES string of the molecule is CCCCC1(C)C(C)=C(C)C(C)=[C]1[Zr+2][C]1=CC=CC1.[F-].[F-]. The fraction of sp³-hybridized carbons (Fsp3) is 0.556. The first-order valence-electron chi connectivity index (χ1n) is 7.53. The summed E-state index contributed by atoms with van der Waals surface area (Å²) in [6.45, 7) is 11.9. The molecule has 0 radical (unpaired) electrons. The zero-order valence-corrected chi connectivity index (χ0v) is 16.3. The van der Waals surface area contributed by atoms with E-state index in [1.165, 1.54) is 25.7 Å². The molecule has 0 N–H and O–H groups in total. The summed E-state index contributed by atoms with van der Waals surface area (Å²) in [5.41, 5.74) is 5.26. The maximum Gasteiger partial charge on any atom is -1.00 e. The second-order valence-electron chi connectivity index (χ2n) is 6.13. The molecule has 2 aliphatic rings. The molecule has 1 atom stereocenters. The zero-order chi connectivity index (χ0) is 14.0. The van der Waals surface area contributed by atoms with Gasteiger partial charge in [-0.05, 0) is 0 Å². The molecule has 0 aromatic rings. The summed E-state index contributed by atoms with van der Waals surface area (Å²) in [7, 11) is 0. The molecule has 0 spiro atoms. The molecule has 0 heterocycles. The molecule has 0 nitrogen and oxygen atoms in total. The van der Waals surface area contributed by atoms with Crippen LogP contribution in [0, 0.1) is 5.41 Å². The summed E-state index contributed by atoms with van der Waals surface area (Å²) in [5, 5.41) is 0. The topological polar surface area (TPSA) is 0 Å². The average molecular weight is 372 g/mol. The zero-order valence-electron chi connectivity index (χ0n) is 13.8. The van der Waals surface area contributed by atoms with Crippen molar-refractivity contribution in [2.45, 2.75) is 60.3 Å². The van der Waals surface area contributed by atoms with Gasteiger partial charge in [0.1, 0.15) is 0 Å². The van der Waals surface area contributed by atoms with E-state index in [1.807, 2.05) is 3.28 Å². The predicted molar refractivity (Wildman–Crippen MR) is 80.5 cm³/mol. The normalized spacial score (nSPS) is 23.8. The molecule has 0 fully saturated rings. The Morgan fingerprint density at radius 1 is 1.14 bits per heavy atom. The van der Waals surface area contributed by atoms with Crippen LogP contribution in [-0.2, 0) is 23.2 Å². The third-order valence-electron chi connectivity index (χ3n) is 4.97. The van der Waals surface area contributed by atoms with Gasteiger partial charge in [-0.1, -0.05) is 0 Å². The van der Waals surface area contributed by atoms with Crippen molar-refractivity contribution in [3.05, 3.63) is 41.5 Å². The quantitative estimate of drug-likeness (QED) is 0.625. The van der Waals surface area contributed by atoms with E-state index in [4.69, 9.17) is 0 Å². The number of halogens is 2. The van der Waals surface area contributed by atoms with Gasteiger partial charge >= 0.3 is 130 Å². The molecule has 21 heavy (non-hydrogen) atoms. The summed E-state index contributed by atoms with van der Waals surface area (Å²) in [5.74, 6) is 0. The van der Waals surface area contributed by atoms with Gasteiger partial charge in [0.15, 0.2) is 0 Å². The number of hydrogen-bond acceptors (Lipinski definition) is 0. The van der Waals surface area contributed by atoms with E-state index in [1.54, 1.807) is 20.0 Å². The smallest absolute Gasteiger partial charge is 1.00 e. The van der Waals surface area contributed by atoms with Gasteiger partial charge in [0, 0.05) is 0 Å². The average Bonchev–Trinajstić information content (AvgIpc) is 2.96. The minimum atomic E-state index is -0.560. The minimum Gasteiger partial charge on any atom is -1.00 e. The molecule has 1 unspecified atom stereocenters. The number of hydrogen-bond donors (Lipinski definition) is 0. The third-order valence-corrected chi connectivity index (χ3v) is 9.56. The first-order chi connectivity index (χ1) is 9.00. The van der Waals surface area contributed by atoms with E-state index in [9.17, 15) is 0 Å². The second kappa shape index (κ2) is 8.37. The van der Waals surface area contributed by atoms with Gasteiger partial charge in [-0.25, -0.2) is 0 Å². The van der Waals surface area contributed by atoms with E-state index in [-0.39, 0.29) is 9.41 Å². The Hall–Kier alpha value is -0.297. The molecule has 3 heteroatoms. The first-order valence-corrected chi connectivity index (χ1v) is 9.99. The molecule has 2 aliphatic carbocycles. The molecule has 0 bridgehead atoms. The Morgan fingerprint density at radius 2 is 1.81 bits per heavy atom. The Balaban J connectivity index is 0.00000200. The Bertz CT molecular complexity index is 497. The van der Waals surface area contributed by atoms with Crippen LogP contribution in [0.4, 0.5) is 0 Å². The van der Waals surface area contributed by atoms with Gasteiger partial charge in [-0.2, -0.15) is 0 Å². The van der Waals surface area contributed by atoms with E-state index in [2.05, 4.69) is 52.8 Å². The summed E-state index contributed by atoms with van der Waals surface area (Å²) in [4.78, 5) is 0. The van der Waals surface area contributed by atoms with Crippen molar-refractivity contribution < 1.29 is 32.6 Å². The van der Waals surface area contributed by atoms with E-state index >= 15 is 0 Å². The summed E-state index contributed by atoms with van der Waals surface area (Å²) < 4.78 is 3.61. The van der Waals surface area contributed by atoms with E-state index in [0.717, 1.165) is 0 Å². The molecule has 0 saturated heterocycles.